The summed E-state index contributed by atoms with van der Waals surface area (Å²) >= 11 is 0. The van der Waals surface area contributed by atoms with Gasteiger partial charge in [-0.2, -0.15) is 0 Å². The number of fused-ring (bicyclic) bond motifs is 1. The maximum absolute atomic E-state index is 13.8. The molecule has 2 aromatic rings. The summed E-state index contributed by atoms with van der Waals surface area (Å²) in [6, 6.07) is 9.57. The Bertz CT molecular complexity index is 941. The maximum Gasteiger partial charge on any atom is 0.264 e. The summed E-state index contributed by atoms with van der Waals surface area (Å²) in [6.07, 6.45) is 0. The first-order valence-corrected chi connectivity index (χ1v) is 9.03. The van der Waals surface area contributed by atoms with E-state index in [1.165, 1.54) is 36.4 Å². The fraction of sp³-hybridized carbons (Fsp3) is 0.235. The second-order valence-electron chi connectivity index (χ2n) is 6.37. The van der Waals surface area contributed by atoms with Crippen LogP contribution in [0.2, 0.25) is 0 Å². The highest BCUT2D eigenvalue weighted by molar-refractivity contribution is 7.92. The van der Waals surface area contributed by atoms with Crippen molar-refractivity contribution in [1.29, 1.82) is 0 Å². The lowest BCUT2D eigenvalue weighted by Crippen LogP contribution is -2.33. The highest BCUT2D eigenvalue weighted by atomic mass is 32.2. The molecule has 0 saturated carbocycles. The molecule has 1 amide bonds. The molecule has 2 N–H and O–H groups in total. The van der Waals surface area contributed by atoms with Crippen molar-refractivity contribution in [2.45, 2.75) is 18.7 Å². The van der Waals surface area contributed by atoms with E-state index >= 15 is 0 Å². The Morgan fingerprint density at radius 2 is 1.92 bits per heavy atom. The van der Waals surface area contributed by atoms with Crippen LogP contribution in [0, 0.1) is 11.2 Å². The molecule has 2 aromatic carbocycles. The average Bonchev–Trinajstić information content (AvgIpc) is 2.64. The number of carbonyl (C=O) groups excluding carboxylic acids is 1. The Balaban J connectivity index is 1.90. The number of rotatable bonds is 3. The predicted molar refractivity (Wildman–Crippen MR) is 91.6 cm³/mol. The van der Waals surface area contributed by atoms with Crippen LogP contribution >= 0.6 is 0 Å². The Morgan fingerprint density at radius 3 is 2.64 bits per heavy atom. The Labute approximate surface area is 145 Å². The number of hydrogen-bond acceptors (Lipinski definition) is 4. The average molecular weight is 364 g/mol. The zero-order chi connectivity index (χ0) is 18.2. The van der Waals surface area contributed by atoms with Gasteiger partial charge in [0.2, 0.25) is 5.91 Å². The highest BCUT2D eigenvalue weighted by Crippen LogP contribution is 2.34. The molecule has 0 aliphatic carbocycles. The number of halogens is 1. The van der Waals surface area contributed by atoms with Gasteiger partial charge in [-0.3, -0.25) is 9.52 Å². The first-order chi connectivity index (χ1) is 11.7. The predicted octanol–water partition coefficient (Wildman–Crippen LogP) is 2.98. The SMILES string of the molecule is CC1(C)COc2cc(NS(=O)(=O)c3ccccc3F)ccc2NC1=O. The van der Waals surface area contributed by atoms with Gasteiger partial charge < -0.3 is 10.1 Å². The van der Waals surface area contributed by atoms with Gasteiger partial charge in [-0.15, -0.1) is 0 Å². The van der Waals surface area contributed by atoms with E-state index in [4.69, 9.17) is 4.74 Å². The zero-order valence-corrected chi connectivity index (χ0v) is 14.5. The van der Waals surface area contributed by atoms with Crippen molar-refractivity contribution in [3.8, 4) is 5.75 Å². The monoisotopic (exact) mass is 364 g/mol. The molecular weight excluding hydrogens is 347 g/mol. The van der Waals surface area contributed by atoms with E-state index in [1.807, 2.05) is 0 Å². The van der Waals surface area contributed by atoms with E-state index in [0.717, 1.165) is 6.07 Å². The van der Waals surface area contributed by atoms with Crippen LogP contribution in [0.5, 0.6) is 5.75 Å². The van der Waals surface area contributed by atoms with Gasteiger partial charge >= 0.3 is 0 Å². The summed E-state index contributed by atoms with van der Waals surface area (Å²) < 4.78 is 46.4. The summed E-state index contributed by atoms with van der Waals surface area (Å²) in [7, 11) is -4.08. The van der Waals surface area contributed by atoms with E-state index in [2.05, 4.69) is 10.0 Å². The largest absolute Gasteiger partial charge is 0.490 e. The van der Waals surface area contributed by atoms with Gasteiger partial charge in [-0.25, -0.2) is 12.8 Å². The summed E-state index contributed by atoms with van der Waals surface area (Å²) in [6.45, 7) is 3.64. The van der Waals surface area contributed by atoms with Crippen molar-refractivity contribution in [3.63, 3.8) is 0 Å². The minimum Gasteiger partial charge on any atom is -0.490 e. The minimum atomic E-state index is -4.08. The molecule has 0 unspecified atom stereocenters. The number of amides is 1. The molecule has 0 aromatic heterocycles. The third-order valence-corrected chi connectivity index (χ3v) is 5.23. The number of hydrogen-bond donors (Lipinski definition) is 2. The molecule has 1 heterocycles. The van der Waals surface area contributed by atoms with Crippen LogP contribution in [0.15, 0.2) is 47.4 Å². The first kappa shape index (κ1) is 17.2. The highest BCUT2D eigenvalue weighted by Gasteiger charge is 2.32. The van der Waals surface area contributed by atoms with E-state index < -0.39 is 26.2 Å². The number of benzene rings is 2. The van der Waals surface area contributed by atoms with Crippen molar-refractivity contribution in [2.24, 2.45) is 5.41 Å². The molecule has 1 aliphatic rings. The number of nitrogens with one attached hydrogen (secondary N) is 2. The van der Waals surface area contributed by atoms with Crippen molar-refractivity contribution >= 4 is 27.3 Å². The van der Waals surface area contributed by atoms with Crippen LogP contribution in [0.4, 0.5) is 15.8 Å². The van der Waals surface area contributed by atoms with Crippen molar-refractivity contribution in [3.05, 3.63) is 48.3 Å². The van der Waals surface area contributed by atoms with Crippen LogP contribution < -0.4 is 14.8 Å². The molecular formula is C17H17FN2O4S. The van der Waals surface area contributed by atoms with Crippen LogP contribution in [-0.4, -0.2) is 20.9 Å². The van der Waals surface area contributed by atoms with E-state index in [-0.39, 0.29) is 18.2 Å². The van der Waals surface area contributed by atoms with Crippen LogP contribution in [0.1, 0.15) is 13.8 Å². The Hall–Kier alpha value is -2.61. The summed E-state index contributed by atoms with van der Waals surface area (Å²) in [5.74, 6) is -0.686. The standard InChI is InChI=1S/C17H17FN2O4S/c1-17(2)10-24-14-9-11(7-8-13(14)19-16(17)21)20-25(22,23)15-6-4-3-5-12(15)18/h3-9,20H,10H2,1-2H3,(H,19,21). The van der Waals surface area contributed by atoms with Crippen molar-refractivity contribution in [2.75, 3.05) is 16.6 Å². The van der Waals surface area contributed by atoms with E-state index in [1.54, 1.807) is 13.8 Å². The zero-order valence-electron chi connectivity index (χ0n) is 13.7. The molecule has 0 saturated heterocycles. The normalized spacial score (nSPS) is 16.2. The second-order valence-corrected chi connectivity index (χ2v) is 8.02. The number of sulfonamides is 1. The lowest BCUT2D eigenvalue weighted by Gasteiger charge is -2.18. The van der Waals surface area contributed by atoms with Gasteiger partial charge in [-0.05, 0) is 38.1 Å². The van der Waals surface area contributed by atoms with Crippen LogP contribution in [0.25, 0.3) is 0 Å². The molecule has 6 nitrogen and oxygen atoms in total. The number of ether oxygens (including phenoxy) is 1. The van der Waals surface area contributed by atoms with Gasteiger partial charge in [0.15, 0.2) is 0 Å². The fourth-order valence-electron chi connectivity index (χ4n) is 2.30. The van der Waals surface area contributed by atoms with Crippen LogP contribution in [0.3, 0.4) is 0 Å². The van der Waals surface area contributed by atoms with Gasteiger partial charge in [0.05, 0.1) is 16.8 Å². The van der Waals surface area contributed by atoms with E-state index in [9.17, 15) is 17.6 Å². The third-order valence-electron chi connectivity index (χ3n) is 3.81. The minimum absolute atomic E-state index is 0.148. The molecule has 0 atom stereocenters. The molecule has 0 radical (unpaired) electrons. The number of carbonyl (C=O) groups is 1. The lowest BCUT2D eigenvalue weighted by atomic mass is 9.94. The van der Waals surface area contributed by atoms with Gasteiger partial charge in [-0.1, -0.05) is 12.1 Å². The smallest absolute Gasteiger partial charge is 0.264 e. The third kappa shape index (κ3) is 3.43. The maximum atomic E-state index is 13.8. The van der Waals surface area contributed by atoms with Gasteiger partial charge in [0.1, 0.15) is 23.1 Å². The van der Waals surface area contributed by atoms with Crippen molar-refractivity contribution in [1.82, 2.24) is 0 Å². The molecule has 0 fully saturated rings. The van der Waals surface area contributed by atoms with Crippen molar-refractivity contribution < 1.29 is 22.3 Å². The fourth-order valence-corrected chi connectivity index (χ4v) is 3.43. The molecule has 3 rings (SSSR count). The molecule has 0 spiro atoms. The summed E-state index contributed by atoms with van der Waals surface area (Å²) in [5, 5.41) is 2.74. The molecule has 1 aliphatic heterocycles. The number of anilines is 2. The summed E-state index contributed by atoms with van der Waals surface area (Å²) in [4.78, 5) is 11.6. The first-order valence-electron chi connectivity index (χ1n) is 7.55. The molecule has 132 valence electrons. The summed E-state index contributed by atoms with van der Waals surface area (Å²) in [5.41, 5.74) is -0.0633. The Morgan fingerprint density at radius 1 is 1.20 bits per heavy atom. The topological polar surface area (TPSA) is 84.5 Å². The molecule has 8 heteroatoms. The molecule has 0 bridgehead atoms. The van der Waals surface area contributed by atoms with Crippen LogP contribution in [-0.2, 0) is 14.8 Å². The molecule has 25 heavy (non-hydrogen) atoms. The van der Waals surface area contributed by atoms with Gasteiger partial charge in [0.25, 0.3) is 10.0 Å². The second kappa shape index (κ2) is 6.03. The van der Waals surface area contributed by atoms with E-state index in [0.29, 0.717) is 11.4 Å². The quantitative estimate of drug-likeness (QED) is 0.877. The van der Waals surface area contributed by atoms with Gasteiger partial charge in [0, 0.05) is 6.07 Å². The lowest BCUT2D eigenvalue weighted by molar-refractivity contribution is -0.124. The Kier molecular flexibility index (Phi) is 4.16.